The molecule has 0 heterocycles. The lowest BCUT2D eigenvalue weighted by Crippen LogP contribution is -2.31. The fourth-order valence-corrected chi connectivity index (χ4v) is 2.17. The molecule has 0 fully saturated rings. The minimum atomic E-state index is -4.84. The van der Waals surface area contributed by atoms with Crippen molar-refractivity contribution in [2.24, 2.45) is 11.5 Å². The lowest BCUT2D eigenvalue weighted by molar-refractivity contribution is -0.143. The summed E-state index contributed by atoms with van der Waals surface area (Å²) in [6, 6.07) is 0.162. The third-order valence-electron chi connectivity index (χ3n) is 2.36. The summed E-state index contributed by atoms with van der Waals surface area (Å²) >= 11 is 0. The molecular formula is C11H22N2O14S2. The van der Waals surface area contributed by atoms with Crippen molar-refractivity contribution >= 4 is 44.1 Å². The third-order valence-corrected chi connectivity index (χ3v) is 4.54. The Morgan fingerprint density at radius 1 is 0.759 bits per heavy atom. The van der Waals surface area contributed by atoms with E-state index in [0.29, 0.717) is 6.54 Å². The van der Waals surface area contributed by atoms with Gasteiger partial charge in [-0.2, -0.15) is 16.8 Å². The van der Waals surface area contributed by atoms with Crippen LogP contribution < -0.4 is 11.5 Å². The number of hydrogen-bond donors (Lipinski definition) is 8. The van der Waals surface area contributed by atoms with Crippen molar-refractivity contribution in [2.75, 3.05) is 6.54 Å². The van der Waals surface area contributed by atoms with Gasteiger partial charge in [-0.25, -0.2) is 0 Å². The molecule has 0 aromatic carbocycles. The molecule has 3 atom stereocenters. The number of carboxylic acid groups (broad SMARTS) is 4. The van der Waals surface area contributed by atoms with Crippen molar-refractivity contribution in [3.63, 3.8) is 0 Å². The summed E-state index contributed by atoms with van der Waals surface area (Å²) in [4.78, 5) is 40.0. The highest BCUT2D eigenvalue weighted by Crippen LogP contribution is 2.04. The second-order valence-electron chi connectivity index (χ2n) is 5.09. The second kappa shape index (κ2) is 13.7. The van der Waals surface area contributed by atoms with Crippen molar-refractivity contribution < 1.29 is 65.5 Å². The van der Waals surface area contributed by atoms with Crippen molar-refractivity contribution in [2.45, 2.75) is 36.3 Å². The molecular weight excluding hydrogens is 448 g/mol. The Kier molecular flexibility index (Phi) is 14.8. The van der Waals surface area contributed by atoms with Crippen LogP contribution in [0, 0.1) is 0 Å². The molecule has 0 aliphatic carbocycles. The first-order valence-corrected chi connectivity index (χ1v) is 10.0. The smallest absolute Gasteiger partial charge is 0.325 e. The van der Waals surface area contributed by atoms with E-state index in [0.717, 1.165) is 0 Å². The predicted molar refractivity (Wildman–Crippen MR) is 93.2 cm³/mol. The standard InChI is InChI=1S/2C4H6O7S.C3H10N2/c2*5-3(6)1-2(4(7)8)12(9,10)11;1-3(5)2-4/h2*2H,1H2,(H,5,6)(H,7,8)(H,9,10,11);3H,2,4-5H2,1H3. The topological polar surface area (TPSA) is 310 Å². The Hall–Kier alpha value is -2.38. The highest BCUT2D eigenvalue weighted by atomic mass is 32.2. The molecule has 0 saturated heterocycles. The maximum atomic E-state index is 10.2. The van der Waals surface area contributed by atoms with E-state index in [2.05, 4.69) is 0 Å². The highest BCUT2D eigenvalue weighted by molar-refractivity contribution is 7.87. The predicted octanol–water partition coefficient (Wildman–Crippen LogP) is -3.10. The number of aliphatic carboxylic acids is 4. The molecule has 18 heteroatoms. The Labute approximate surface area is 164 Å². The van der Waals surface area contributed by atoms with Crippen molar-refractivity contribution in [1.82, 2.24) is 0 Å². The Balaban J connectivity index is -0.000000380. The fourth-order valence-electron chi connectivity index (χ4n) is 0.957. The zero-order chi connectivity index (χ0) is 24.2. The van der Waals surface area contributed by atoms with Crippen LogP contribution in [0.1, 0.15) is 19.8 Å². The van der Waals surface area contributed by atoms with Gasteiger partial charge in [-0.3, -0.25) is 28.3 Å². The van der Waals surface area contributed by atoms with Gasteiger partial charge in [-0.05, 0) is 6.92 Å². The maximum Gasteiger partial charge on any atom is 0.325 e. The van der Waals surface area contributed by atoms with E-state index in [1.807, 2.05) is 6.92 Å². The first kappa shape index (κ1) is 31.3. The normalized spacial score (nSPS) is 14.0. The average Bonchev–Trinajstić information content (AvgIpc) is 2.48. The van der Waals surface area contributed by atoms with Gasteiger partial charge in [0.25, 0.3) is 20.2 Å². The van der Waals surface area contributed by atoms with Crippen LogP contribution in [-0.2, 0) is 39.4 Å². The molecule has 0 aliphatic heterocycles. The third kappa shape index (κ3) is 18.7. The quantitative estimate of drug-likeness (QED) is 0.155. The molecule has 3 unspecified atom stereocenters. The largest absolute Gasteiger partial charge is 0.481 e. The van der Waals surface area contributed by atoms with Gasteiger partial charge in [0.05, 0.1) is 12.8 Å². The zero-order valence-corrected chi connectivity index (χ0v) is 16.4. The van der Waals surface area contributed by atoms with E-state index in [4.69, 9.17) is 41.0 Å². The number of carbonyl (C=O) groups is 4. The number of carboxylic acids is 4. The fraction of sp³-hybridized carbons (Fsp3) is 0.636. The van der Waals surface area contributed by atoms with E-state index in [9.17, 15) is 36.0 Å². The zero-order valence-electron chi connectivity index (χ0n) is 14.8. The molecule has 0 radical (unpaired) electrons. The molecule has 0 saturated carbocycles. The maximum absolute atomic E-state index is 10.2. The summed E-state index contributed by atoms with van der Waals surface area (Å²) in [6.07, 6.45) is -2.32. The minimum Gasteiger partial charge on any atom is -0.481 e. The molecule has 10 N–H and O–H groups in total. The van der Waals surface area contributed by atoms with Crippen molar-refractivity contribution in [3.05, 3.63) is 0 Å². The average molecular weight is 470 g/mol. The van der Waals surface area contributed by atoms with Gasteiger partial charge >= 0.3 is 23.9 Å². The van der Waals surface area contributed by atoms with Crippen LogP contribution in [-0.4, -0.2) is 93.3 Å². The Morgan fingerprint density at radius 2 is 0.966 bits per heavy atom. The van der Waals surface area contributed by atoms with Gasteiger partial charge < -0.3 is 31.9 Å². The lowest BCUT2D eigenvalue weighted by atomic mass is 10.3. The molecule has 0 amide bonds. The monoisotopic (exact) mass is 470 g/mol. The summed E-state index contributed by atoms with van der Waals surface area (Å²) in [5, 5.41) is 27.8. The van der Waals surface area contributed by atoms with Crippen LogP contribution in [0.4, 0.5) is 0 Å². The van der Waals surface area contributed by atoms with Crippen LogP contribution in [0.25, 0.3) is 0 Å². The van der Waals surface area contributed by atoms with Crippen LogP contribution in [0.3, 0.4) is 0 Å². The van der Waals surface area contributed by atoms with E-state index in [1.165, 1.54) is 0 Å². The van der Waals surface area contributed by atoms with Crippen LogP contribution in [0.5, 0.6) is 0 Å². The molecule has 0 aromatic rings. The highest BCUT2D eigenvalue weighted by Gasteiger charge is 2.33. The first-order chi connectivity index (χ1) is 12.8. The van der Waals surface area contributed by atoms with Crippen LogP contribution >= 0.6 is 0 Å². The summed E-state index contributed by atoms with van der Waals surface area (Å²) in [6.45, 7) is 2.46. The van der Waals surface area contributed by atoms with Gasteiger partial charge in [0.15, 0.2) is 10.5 Å². The summed E-state index contributed by atoms with van der Waals surface area (Å²) in [7, 11) is -9.68. The first-order valence-electron chi connectivity index (χ1n) is 7.04. The van der Waals surface area contributed by atoms with E-state index in [1.54, 1.807) is 0 Å². The molecule has 0 aliphatic rings. The Morgan fingerprint density at radius 3 is 1.00 bits per heavy atom. The van der Waals surface area contributed by atoms with Crippen molar-refractivity contribution in [1.29, 1.82) is 0 Å². The molecule has 0 rings (SSSR count). The van der Waals surface area contributed by atoms with E-state index < -0.39 is 67.5 Å². The lowest BCUT2D eigenvalue weighted by Gasteiger charge is -2.04. The minimum absolute atomic E-state index is 0.162. The SMILES string of the molecule is CC(N)CN.O=C(O)CC(C(=O)O)S(=O)(=O)O.O=C(O)CC(C(=O)O)S(=O)(=O)O. The summed E-state index contributed by atoms with van der Waals surface area (Å²) in [5.41, 5.74) is 10.2. The molecule has 29 heavy (non-hydrogen) atoms. The van der Waals surface area contributed by atoms with Crippen LogP contribution in [0.15, 0.2) is 0 Å². The van der Waals surface area contributed by atoms with Gasteiger partial charge in [-0.1, -0.05) is 0 Å². The van der Waals surface area contributed by atoms with Gasteiger partial charge in [0.1, 0.15) is 0 Å². The molecule has 16 nitrogen and oxygen atoms in total. The molecule has 0 bridgehead atoms. The molecule has 0 spiro atoms. The molecule has 0 aromatic heterocycles. The second-order valence-corrected chi connectivity index (χ2v) is 8.29. The van der Waals surface area contributed by atoms with E-state index in [-0.39, 0.29) is 6.04 Å². The summed E-state index contributed by atoms with van der Waals surface area (Å²) in [5.74, 6) is -7.00. The van der Waals surface area contributed by atoms with Gasteiger partial charge in [0.2, 0.25) is 0 Å². The molecule has 172 valence electrons. The van der Waals surface area contributed by atoms with Gasteiger partial charge in [0, 0.05) is 12.6 Å². The summed E-state index contributed by atoms with van der Waals surface area (Å²) < 4.78 is 57.3. The van der Waals surface area contributed by atoms with Gasteiger partial charge in [-0.15, -0.1) is 0 Å². The van der Waals surface area contributed by atoms with Crippen molar-refractivity contribution in [3.8, 4) is 0 Å². The number of hydrogen-bond acceptors (Lipinski definition) is 10. The Bertz CT molecular complexity index is 711. The number of rotatable bonds is 9. The number of nitrogens with two attached hydrogens (primary N) is 2. The van der Waals surface area contributed by atoms with E-state index >= 15 is 0 Å². The van der Waals surface area contributed by atoms with Crippen LogP contribution in [0.2, 0.25) is 0 Å².